The van der Waals surface area contributed by atoms with Gasteiger partial charge in [0, 0.05) is 13.1 Å². The van der Waals surface area contributed by atoms with Gasteiger partial charge in [0.25, 0.3) is 5.56 Å². The average Bonchev–Trinajstić information content (AvgIpc) is 2.37. The van der Waals surface area contributed by atoms with Gasteiger partial charge >= 0.3 is 0 Å². The highest BCUT2D eigenvalue weighted by molar-refractivity contribution is 5.88. The fraction of sp³-hybridized carbons (Fsp3) is 0.429. The first-order valence-electron chi connectivity index (χ1n) is 6.41. The predicted octanol–water partition coefficient (Wildman–Crippen LogP) is 1.99. The fourth-order valence-corrected chi connectivity index (χ4v) is 2.09. The Morgan fingerprint density at radius 3 is 2.63 bits per heavy atom. The third kappa shape index (κ3) is 2.41. The van der Waals surface area contributed by atoms with Crippen molar-refractivity contribution in [2.45, 2.75) is 26.8 Å². The van der Waals surface area contributed by atoms with Crippen molar-refractivity contribution >= 4 is 22.3 Å². The number of aromatic nitrogens is 2. The summed E-state index contributed by atoms with van der Waals surface area (Å²) in [7, 11) is 2.01. The van der Waals surface area contributed by atoms with Gasteiger partial charge in [-0.15, -0.1) is 0 Å². The Balaban J connectivity index is 2.56. The van der Waals surface area contributed by atoms with Gasteiger partial charge in [-0.1, -0.05) is 13.8 Å². The Morgan fingerprint density at radius 2 is 2.00 bits per heavy atom. The standard InChI is InChI=1S/C14H20N4O/c1-8(2)9(3)18(4)13-6-12-10(5-11(13)15)14(19)17-7-16-12/h5-9H,15H2,1-4H3,(H,16,17,19). The molecule has 1 atom stereocenters. The fourth-order valence-electron chi connectivity index (χ4n) is 2.09. The van der Waals surface area contributed by atoms with Crippen molar-refractivity contribution in [2.24, 2.45) is 5.92 Å². The maximum absolute atomic E-state index is 11.7. The molecule has 0 spiro atoms. The van der Waals surface area contributed by atoms with E-state index in [1.165, 1.54) is 6.33 Å². The van der Waals surface area contributed by atoms with E-state index in [2.05, 4.69) is 35.6 Å². The van der Waals surface area contributed by atoms with Gasteiger partial charge in [0.2, 0.25) is 0 Å². The number of nitrogens with zero attached hydrogens (tertiary/aromatic N) is 2. The first-order valence-corrected chi connectivity index (χ1v) is 6.41. The lowest BCUT2D eigenvalue weighted by molar-refractivity contribution is 0.506. The molecule has 2 aromatic rings. The third-order valence-corrected chi connectivity index (χ3v) is 3.74. The molecule has 1 aromatic heterocycles. The van der Waals surface area contributed by atoms with Gasteiger partial charge in [-0.05, 0) is 25.0 Å². The van der Waals surface area contributed by atoms with Crippen LogP contribution in [0.4, 0.5) is 11.4 Å². The zero-order valence-electron chi connectivity index (χ0n) is 11.8. The minimum atomic E-state index is -0.164. The molecule has 1 unspecified atom stereocenters. The van der Waals surface area contributed by atoms with Gasteiger partial charge in [0.05, 0.1) is 28.6 Å². The summed E-state index contributed by atoms with van der Waals surface area (Å²) in [6.45, 7) is 6.49. The minimum absolute atomic E-state index is 0.164. The molecule has 1 aromatic carbocycles. The van der Waals surface area contributed by atoms with E-state index in [1.807, 2.05) is 13.1 Å². The highest BCUT2D eigenvalue weighted by atomic mass is 16.1. The number of nitrogens with one attached hydrogen (secondary N) is 1. The molecule has 2 rings (SSSR count). The van der Waals surface area contributed by atoms with E-state index in [-0.39, 0.29) is 5.56 Å². The molecule has 0 saturated carbocycles. The summed E-state index contributed by atoms with van der Waals surface area (Å²) in [5.41, 5.74) is 8.08. The van der Waals surface area contributed by atoms with Crippen LogP contribution in [0, 0.1) is 5.92 Å². The molecular weight excluding hydrogens is 240 g/mol. The lowest BCUT2D eigenvalue weighted by Gasteiger charge is -2.31. The van der Waals surface area contributed by atoms with Gasteiger partial charge in [0.1, 0.15) is 0 Å². The Labute approximate surface area is 112 Å². The van der Waals surface area contributed by atoms with E-state index >= 15 is 0 Å². The number of H-pyrrole nitrogens is 1. The SMILES string of the molecule is CC(C)C(C)N(C)c1cc2nc[nH]c(=O)c2cc1N. The number of nitrogen functional groups attached to an aromatic ring is 1. The number of hydrogen-bond donors (Lipinski definition) is 2. The van der Waals surface area contributed by atoms with Gasteiger partial charge in [-0.3, -0.25) is 4.79 Å². The number of anilines is 2. The number of aromatic amines is 1. The van der Waals surface area contributed by atoms with Crippen LogP contribution in [-0.2, 0) is 0 Å². The van der Waals surface area contributed by atoms with E-state index < -0.39 is 0 Å². The monoisotopic (exact) mass is 260 g/mol. The van der Waals surface area contributed by atoms with Crippen LogP contribution in [0.25, 0.3) is 10.9 Å². The maximum Gasteiger partial charge on any atom is 0.258 e. The second-order valence-electron chi connectivity index (χ2n) is 5.26. The first kappa shape index (κ1) is 13.4. The van der Waals surface area contributed by atoms with Crippen LogP contribution in [0.2, 0.25) is 0 Å². The van der Waals surface area contributed by atoms with Gasteiger partial charge in [-0.25, -0.2) is 4.98 Å². The molecule has 0 aliphatic carbocycles. The van der Waals surface area contributed by atoms with Crippen LogP contribution in [0.1, 0.15) is 20.8 Å². The summed E-state index contributed by atoms with van der Waals surface area (Å²) in [6, 6.07) is 3.92. The van der Waals surface area contributed by atoms with Gasteiger partial charge in [-0.2, -0.15) is 0 Å². The molecule has 0 aliphatic rings. The molecule has 1 heterocycles. The molecule has 5 heteroatoms. The van der Waals surface area contributed by atoms with Crippen LogP contribution in [0.15, 0.2) is 23.3 Å². The van der Waals surface area contributed by atoms with Crippen molar-refractivity contribution in [3.05, 3.63) is 28.8 Å². The van der Waals surface area contributed by atoms with Crippen LogP contribution in [0.5, 0.6) is 0 Å². The number of rotatable bonds is 3. The molecule has 0 fully saturated rings. The predicted molar refractivity (Wildman–Crippen MR) is 79.5 cm³/mol. The Kier molecular flexibility index (Phi) is 3.46. The number of hydrogen-bond acceptors (Lipinski definition) is 4. The molecule has 0 saturated heterocycles. The number of benzene rings is 1. The molecule has 19 heavy (non-hydrogen) atoms. The largest absolute Gasteiger partial charge is 0.397 e. The molecule has 0 radical (unpaired) electrons. The van der Waals surface area contributed by atoms with Crippen molar-refractivity contribution in [2.75, 3.05) is 17.7 Å². The van der Waals surface area contributed by atoms with E-state index in [0.717, 1.165) is 5.69 Å². The molecule has 5 nitrogen and oxygen atoms in total. The van der Waals surface area contributed by atoms with Gasteiger partial charge < -0.3 is 15.6 Å². The summed E-state index contributed by atoms with van der Waals surface area (Å²) >= 11 is 0. The van der Waals surface area contributed by atoms with Crippen LogP contribution >= 0.6 is 0 Å². The zero-order chi connectivity index (χ0) is 14.2. The summed E-state index contributed by atoms with van der Waals surface area (Å²) in [5.74, 6) is 0.507. The highest BCUT2D eigenvalue weighted by Gasteiger charge is 2.17. The summed E-state index contributed by atoms with van der Waals surface area (Å²) in [5, 5.41) is 0.523. The van der Waals surface area contributed by atoms with Crippen molar-refractivity contribution in [1.29, 1.82) is 0 Å². The molecule has 0 bridgehead atoms. The molecular formula is C14H20N4O. The second kappa shape index (κ2) is 4.91. The minimum Gasteiger partial charge on any atom is -0.397 e. The molecule has 0 amide bonds. The van der Waals surface area contributed by atoms with E-state index in [1.54, 1.807) is 6.07 Å². The smallest absolute Gasteiger partial charge is 0.258 e. The van der Waals surface area contributed by atoms with Crippen LogP contribution in [0.3, 0.4) is 0 Å². The summed E-state index contributed by atoms with van der Waals surface area (Å²) < 4.78 is 0. The van der Waals surface area contributed by atoms with E-state index in [0.29, 0.717) is 28.6 Å². The quantitative estimate of drug-likeness (QED) is 0.827. The average molecular weight is 260 g/mol. The third-order valence-electron chi connectivity index (χ3n) is 3.74. The lowest BCUT2D eigenvalue weighted by atomic mass is 10.0. The second-order valence-corrected chi connectivity index (χ2v) is 5.26. The van der Waals surface area contributed by atoms with Crippen molar-refractivity contribution < 1.29 is 0 Å². The zero-order valence-corrected chi connectivity index (χ0v) is 11.8. The number of nitrogens with two attached hydrogens (primary N) is 1. The van der Waals surface area contributed by atoms with E-state index in [4.69, 9.17) is 5.73 Å². The Morgan fingerprint density at radius 1 is 1.32 bits per heavy atom. The normalized spacial score (nSPS) is 12.9. The lowest BCUT2D eigenvalue weighted by Crippen LogP contribution is -2.33. The summed E-state index contributed by atoms with van der Waals surface area (Å²) in [6.07, 6.45) is 1.41. The Bertz CT molecular complexity index is 647. The topological polar surface area (TPSA) is 75.0 Å². The van der Waals surface area contributed by atoms with Gasteiger partial charge in [0.15, 0.2) is 0 Å². The first-order chi connectivity index (χ1) is 8.91. The molecule has 102 valence electrons. The highest BCUT2D eigenvalue weighted by Crippen LogP contribution is 2.28. The van der Waals surface area contributed by atoms with Crippen LogP contribution < -0.4 is 16.2 Å². The maximum atomic E-state index is 11.7. The van der Waals surface area contributed by atoms with Crippen LogP contribution in [-0.4, -0.2) is 23.1 Å². The summed E-state index contributed by atoms with van der Waals surface area (Å²) in [4.78, 5) is 20.6. The van der Waals surface area contributed by atoms with Crippen molar-refractivity contribution in [3.63, 3.8) is 0 Å². The van der Waals surface area contributed by atoms with Crippen molar-refractivity contribution in [3.8, 4) is 0 Å². The Hall–Kier alpha value is -2.04. The molecule has 0 aliphatic heterocycles. The number of fused-ring (bicyclic) bond motifs is 1. The molecule has 3 N–H and O–H groups in total. The van der Waals surface area contributed by atoms with Crippen molar-refractivity contribution in [1.82, 2.24) is 9.97 Å². The van der Waals surface area contributed by atoms with E-state index in [9.17, 15) is 4.79 Å².